The zero-order valence-corrected chi connectivity index (χ0v) is 14.4. The van der Waals surface area contributed by atoms with E-state index in [2.05, 4.69) is 11.4 Å². The van der Waals surface area contributed by atoms with Crippen molar-refractivity contribution in [1.29, 1.82) is 5.26 Å². The highest BCUT2D eigenvalue weighted by atomic mass is 35.5. The van der Waals surface area contributed by atoms with Crippen LogP contribution in [-0.4, -0.2) is 37.1 Å². The Hall–Kier alpha value is -2.55. The van der Waals surface area contributed by atoms with Gasteiger partial charge < -0.3 is 15.0 Å². The van der Waals surface area contributed by atoms with E-state index in [4.69, 9.17) is 21.6 Å². The van der Waals surface area contributed by atoms with E-state index in [1.54, 1.807) is 23.1 Å². The fourth-order valence-electron chi connectivity index (χ4n) is 2.72. The number of nitrogens with zero attached hydrogens (tertiary/aromatic N) is 2. The van der Waals surface area contributed by atoms with Crippen LogP contribution in [0.1, 0.15) is 21.5 Å². The molecule has 0 spiro atoms. The second kappa shape index (κ2) is 8.02. The first-order valence-corrected chi connectivity index (χ1v) is 8.45. The minimum Gasteiger partial charge on any atom is -0.381 e. The van der Waals surface area contributed by atoms with Crippen LogP contribution in [0, 0.1) is 11.3 Å². The number of morpholine rings is 1. The number of nitrogens with one attached hydrogen (secondary N) is 1. The van der Waals surface area contributed by atoms with Gasteiger partial charge >= 0.3 is 0 Å². The van der Waals surface area contributed by atoms with Crippen LogP contribution in [0.2, 0.25) is 5.02 Å². The first kappa shape index (κ1) is 17.3. The summed E-state index contributed by atoms with van der Waals surface area (Å²) >= 11 is 6.31. The molecular weight excluding hydrogens is 338 g/mol. The highest BCUT2D eigenvalue weighted by Crippen LogP contribution is 2.23. The molecule has 5 nitrogen and oxygen atoms in total. The average molecular weight is 356 g/mol. The van der Waals surface area contributed by atoms with Gasteiger partial charge in [0.05, 0.1) is 35.4 Å². The van der Waals surface area contributed by atoms with Crippen LogP contribution >= 0.6 is 11.6 Å². The summed E-state index contributed by atoms with van der Waals surface area (Å²) in [6.45, 7) is 2.79. The summed E-state index contributed by atoms with van der Waals surface area (Å²) in [7, 11) is 0. The Labute approximate surface area is 151 Å². The maximum absolute atomic E-state index is 12.5. The van der Waals surface area contributed by atoms with Crippen LogP contribution in [0.3, 0.4) is 0 Å². The van der Waals surface area contributed by atoms with Crippen molar-refractivity contribution < 1.29 is 9.53 Å². The van der Waals surface area contributed by atoms with E-state index in [1.807, 2.05) is 24.3 Å². The van der Waals surface area contributed by atoms with Crippen LogP contribution in [0.25, 0.3) is 0 Å². The van der Waals surface area contributed by atoms with Gasteiger partial charge in [-0.25, -0.2) is 0 Å². The van der Waals surface area contributed by atoms with E-state index in [0.717, 1.165) is 11.3 Å². The number of rotatable bonds is 4. The fraction of sp³-hybridized carbons (Fsp3) is 0.263. The summed E-state index contributed by atoms with van der Waals surface area (Å²) in [5.41, 5.74) is 2.85. The topological polar surface area (TPSA) is 65.4 Å². The molecule has 1 heterocycles. The Bertz CT molecular complexity index is 811. The van der Waals surface area contributed by atoms with Gasteiger partial charge in [-0.05, 0) is 29.8 Å². The molecule has 1 fully saturated rings. The van der Waals surface area contributed by atoms with Crippen LogP contribution in [0.4, 0.5) is 5.69 Å². The number of anilines is 1. The molecule has 1 N–H and O–H groups in total. The lowest BCUT2D eigenvalue weighted by molar-refractivity contribution is 0.0303. The summed E-state index contributed by atoms with van der Waals surface area (Å²) in [6, 6.07) is 14.9. The highest BCUT2D eigenvalue weighted by molar-refractivity contribution is 6.34. The van der Waals surface area contributed by atoms with Crippen LogP contribution in [0.5, 0.6) is 0 Å². The number of amides is 1. The Morgan fingerprint density at radius 2 is 2.00 bits per heavy atom. The molecule has 1 aliphatic rings. The first-order chi connectivity index (χ1) is 12.2. The first-order valence-electron chi connectivity index (χ1n) is 8.07. The summed E-state index contributed by atoms with van der Waals surface area (Å²) < 4.78 is 5.27. The second-order valence-corrected chi connectivity index (χ2v) is 6.13. The smallest absolute Gasteiger partial charge is 0.255 e. The Morgan fingerprint density at radius 1 is 1.24 bits per heavy atom. The molecule has 128 valence electrons. The third-order valence-electron chi connectivity index (χ3n) is 4.12. The third kappa shape index (κ3) is 4.11. The zero-order chi connectivity index (χ0) is 17.6. The van der Waals surface area contributed by atoms with Crippen molar-refractivity contribution in [2.45, 2.75) is 6.54 Å². The lowest BCUT2D eigenvalue weighted by atomic mass is 10.1. The minimum absolute atomic E-state index is 0.0744. The summed E-state index contributed by atoms with van der Waals surface area (Å²) in [6.07, 6.45) is 0. The van der Waals surface area contributed by atoms with E-state index < -0.39 is 0 Å². The predicted molar refractivity (Wildman–Crippen MR) is 96.7 cm³/mol. The molecule has 1 amide bonds. The van der Waals surface area contributed by atoms with Gasteiger partial charge in [0.25, 0.3) is 5.91 Å². The summed E-state index contributed by atoms with van der Waals surface area (Å²) in [5.74, 6) is -0.0744. The normalized spacial score (nSPS) is 14.0. The van der Waals surface area contributed by atoms with Gasteiger partial charge in [-0.15, -0.1) is 0 Å². The van der Waals surface area contributed by atoms with E-state index in [-0.39, 0.29) is 5.91 Å². The highest BCUT2D eigenvalue weighted by Gasteiger charge is 2.20. The maximum Gasteiger partial charge on any atom is 0.255 e. The molecule has 6 heteroatoms. The van der Waals surface area contributed by atoms with Gasteiger partial charge in [0.2, 0.25) is 0 Å². The maximum atomic E-state index is 12.5. The van der Waals surface area contributed by atoms with Crippen LogP contribution in [0.15, 0.2) is 42.5 Å². The predicted octanol–water partition coefficient (Wildman–Crippen LogP) is 3.30. The number of hydrogen-bond acceptors (Lipinski definition) is 4. The monoisotopic (exact) mass is 355 g/mol. The molecule has 0 bridgehead atoms. The van der Waals surface area contributed by atoms with Crippen molar-refractivity contribution in [1.82, 2.24) is 4.90 Å². The average Bonchev–Trinajstić information content (AvgIpc) is 2.67. The van der Waals surface area contributed by atoms with Crippen molar-refractivity contribution in [2.24, 2.45) is 0 Å². The van der Waals surface area contributed by atoms with Crippen LogP contribution < -0.4 is 5.32 Å². The van der Waals surface area contributed by atoms with Gasteiger partial charge in [0.15, 0.2) is 0 Å². The van der Waals surface area contributed by atoms with Crippen molar-refractivity contribution >= 4 is 23.2 Å². The molecular formula is C19H18ClN3O2. The Kier molecular flexibility index (Phi) is 5.54. The minimum atomic E-state index is -0.0744. The summed E-state index contributed by atoms with van der Waals surface area (Å²) in [4.78, 5) is 14.3. The largest absolute Gasteiger partial charge is 0.381 e. The Morgan fingerprint density at radius 3 is 2.72 bits per heavy atom. The third-order valence-corrected chi connectivity index (χ3v) is 4.43. The van der Waals surface area contributed by atoms with Crippen molar-refractivity contribution in [3.63, 3.8) is 0 Å². The molecule has 0 unspecified atom stereocenters. The number of halogens is 1. The molecule has 3 rings (SSSR count). The second-order valence-electron chi connectivity index (χ2n) is 5.72. The molecule has 0 aromatic heterocycles. The number of hydrogen-bond donors (Lipinski definition) is 1. The van der Waals surface area contributed by atoms with Crippen molar-refractivity contribution in [3.05, 3.63) is 64.2 Å². The molecule has 0 aliphatic carbocycles. The molecule has 2 aromatic rings. The van der Waals surface area contributed by atoms with E-state index in [0.29, 0.717) is 49.0 Å². The molecule has 25 heavy (non-hydrogen) atoms. The SMILES string of the molecule is N#Cc1ccccc1CNc1ccc(C(=O)N2CCOCC2)c(Cl)c1. The van der Waals surface area contributed by atoms with Crippen molar-refractivity contribution in [3.8, 4) is 6.07 Å². The fourth-order valence-corrected chi connectivity index (χ4v) is 2.98. The van der Waals surface area contributed by atoms with E-state index in [1.165, 1.54) is 0 Å². The van der Waals surface area contributed by atoms with Gasteiger partial charge in [0, 0.05) is 25.3 Å². The zero-order valence-electron chi connectivity index (χ0n) is 13.7. The van der Waals surface area contributed by atoms with Gasteiger partial charge in [-0.3, -0.25) is 4.79 Å². The van der Waals surface area contributed by atoms with Gasteiger partial charge in [0.1, 0.15) is 0 Å². The number of carbonyl (C=O) groups is 1. The molecule has 1 aliphatic heterocycles. The van der Waals surface area contributed by atoms with Gasteiger partial charge in [-0.2, -0.15) is 5.26 Å². The molecule has 2 aromatic carbocycles. The lowest BCUT2D eigenvalue weighted by Gasteiger charge is -2.27. The molecule has 0 radical (unpaired) electrons. The molecule has 1 saturated heterocycles. The number of carbonyl (C=O) groups excluding carboxylic acids is 1. The number of nitriles is 1. The lowest BCUT2D eigenvalue weighted by Crippen LogP contribution is -2.40. The van der Waals surface area contributed by atoms with Crippen molar-refractivity contribution in [2.75, 3.05) is 31.6 Å². The molecule has 0 atom stereocenters. The van der Waals surface area contributed by atoms with E-state index in [9.17, 15) is 4.79 Å². The number of benzene rings is 2. The Balaban J connectivity index is 1.69. The van der Waals surface area contributed by atoms with Gasteiger partial charge in [-0.1, -0.05) is 29.8 Å². The quantitative estimate of drug-likeness (QED) is 0.913. The standard InChI is InChI=1S/C19H18ClN3O2/c20-18-11-16(22-13-15-4-2-1-3-14(15)12-21)5-6-17(18)19(24)23-7-9-25-10-8-23/h1-6,11,22H,7-10,13H2. The summed E-state index contributed by atoms with van der Waals surface area (Å²) in [5, 5.41) is 12.8. The molecule has 0 saturated carbocycles. The number of ether oxygens (including phenoxy) is 1. The van der Waals surface area contributed by atoms with Crippen LogP contribution in [-0.2, 0) is 11.3 Å². The van der Waals surface area contributed by atoms with E-state index >= 15 is 0 Å².